The van der Waals surface area contributed by atoms with Crippen molar-refractivity contribution in [3.63, 3.8) is 0 Å². The van der Waals surface area contributed by atoms with Gasteiger partial charge in [-0.3, -0.25) is 9.78 Å². The van der Waals surface area contributed by atoms with Crippen LogP contribution in [0, 0.1) is 0 Å². The highest BCUT2D eigenvalue weighted by Crippen LogP contribution is 2.27. The highest BCUT2D eigenvalue weighted by Gasteiger charge is 2.11. The number of benzene rings is 1. The van der Waals surface area contributed by atoms with Gasteiger partial charge in [0.1, 0.15) is 5.75 Å². The van der Waals surface area contributed by atoms with Crippen molar-refractivity contribution < 1.29 is 9.53 Å². The highest BCUT2D eigenvalue weighted by molar-refractivity contribution is 5.95. The lowest BCUT2D eigenvalue weighted by Crippen LogP contribution is -2.22. The van der Waals surface area contributed by atoms with Crippen LogP contribution in [0.5, 0.6) is 5.75 Å². The van der Waals surface area contributed by atoms with E-state index in [1.807, 2.05) is 25.1 Å². The summed E-state index contributed by atoms with van der Waals surface area (Å²) in [5, 5.41) is 2.87. The smallest absolute Gasteiger partial charge is 0.251 e. The Morgan fingerprint density at radius 3 is 2.87 bits per heavy atom. The minimum atomic E-state index is -0.162. The van der Waals surface area contributed by atoms with Crippen LogP contribution in [-0.4, -0.2) is 17.5 Å². The summed E-state index contributed by atoms with van der Waals surface area (Å²) < 4.78 is 5.61. The number of nitrogens with zero attached hydrogens (tertiary/aromatic N) is 1. The Balaban J connectivity index is 2.15. The van der Waals surface area contributed by atoms with Crippen molar-refractivity contribution in [3.8, 4) is 5.75 Å². The Morgan fingerprint density at radius 1 is 1.39 bits per heavy atom. The molecule has 0 fully saturated rings. The van der Waals surface area contributed by atoms with Gasteiger partial charge in [0.2, 0.25) is 0 Å². The van der Waals surface area contributed by atoms with Crippen LogP contribution in [-0.2, 0) is 6.54 Å². The van der Waals surface area contributed by atoms with Gasteiger partial charge in [-0.15, -0.1) is 0 Å². The average Bonchev–Trinajstić information content (AvgIpc) is 2.60. The molecule has 1 aromatic carbocycles. The van der Waals surface area contributed by atoms with Crippen molar-refractivity contribution >= 4 is 11.5 Å². The zero-order chi connectivity index (χ0) is 16.7. The summed E-state index contributed by atoms with van der Waals surface area (Å²) in [7, 11) is 0. The van der Waals surface area contributed by atoms with Crippen LogP contribution in [0.4, 0.5) is 0 Å². The highest BCUT2D eigenvalue weighted by atomic mass is 16.5. The number of amides is 1. The third-order valence-electron chi connectivity index (χ3n) is 3.31. The predicted octanol–water partition coefficient (Wildman–Crippen LogP) is 3.61. The number of carbonyl (C=O) groups is 1. The van der Waals surface area contributed by atoms with Crippen LogP contribution in [0.3, 0.4) is 0 Å². The molecule has 4 heteroatoms. The molecule has 0 aliphatic rings. The van der Waals surface area contributed by atoms with Gasteiger partial charge in [-0.05, 0) is 42.3 Å². The second-order valence-corrected chi connectivity index (χ2v) is 4.92. The number of hydrogen-bond donors (Lipinski definition) is 1. The molecular formula is C19H20N2O2. The number of carbonyl (C=O) groups excluding carboxylic acids is 1. The lowest BCUT2D eigenvalue weighted by atomic mass is 10.0. The summed E-state index contributed by atoms with van der Waals surface area (Å²) in [6.45, 7) is 10.5. The monoisotopic (exact) mass is 308 g/mol. The first-order chi connectivity index (χ1) is 11.2. The number of pyridine rings is 1. The molecule has 0 bridgehead atoms. The fourth-order valence-electron chi connectivity index (χ4n) is 2.10. The maximum Gasteiger partial charge on any atom is 0.251 e. The Kier molecular flexibility index (Phi) is 5.69. The van der Waals surface area contributed by atoms with E-state index in [2.05, 4.69) is 23.5 Å². The summed E-state index contributed by atoms with van der Waals surface area (Å²) in [5.41, 5.74) is 3.09. The molecule has 0 spiro atoms. The molecule has 0 unspecified atom stereocenters. The first kappa shape index (κ1) is 16.5. The Bertz CT molecular complexity index is 709. The van der Waals surface area contributed by atoms with Crippen LogP contribution in [0.2, 0.25) is 0 Å². The average molecular weight is 308 g/mol. The standard InChI is InChI=1S/C19H20N2O2/c1-4-14(3)17-9-8-16(11-18(17)23-5-2)19(22)21-13-15-7-6-10-20-12-15/h4,6-12H,1,3,5,13H2,2H3,(H,21,22). The van der Waals surface area contributed by atoms with E-state index in [1.54, 1.807) is 30.6 Å². The third-order valence-corrected chi connectivity index (χ3v) is 3.31. The molecular weight excluding hydrogens is 288 g/mol. The molecule has 0 saturated heterocycles. The maximum absolute atomic E-state index is 12.3. The van der Waals surface area contributed by atoms with E-state index in [0.717, 1.165) is 16.7 Å². The molecule has 1 N–H and O–H groups in total. The number of nitrogens with one attached hydrogen (secondary N) is 1. The lowest BCUT2D eigenvalue weighted by Gasteiger charge is -2.12. The van der Waals surface area contributed by atoms with Gasteiger partial charge in [-0.2, -0.15) is 0 Å². The molecule has 0 saturated carbocycles. The van der Waals surface area contributed by atoms with E-state index in [0.29, 0.717) is 24.5 Å². The molecule has 2 aromatic rings. The van der Waals surface area contributed by atoms with Crippen LogP contribution >= 0.6 is 0 Å². The summed E-state index contributed by atoms with van der Waals surface area (Å²) in [6, 6.07) is 9.06. The molecule has 0 aliphatic carbocycles. The van der Waals surface area contributed by atoms with Gasteiger partial charge in [-0.25, -0.2) is 0 Å². The van der Waals surface area contributed by atoms with Crippen molar-refractivity contribution in [2.45, 2.75) is 13.5 Å². The van der Waals surface area contributed by atoms with Crippen molar-refractivity contribution in [3.05, 3.63) is 78.6 Å². The lowest BCUT2D eigenvalue weighted by molar-refractivity contribution is 0.0950. The second kappa shape index (κ2) is 7.94. The van der Waals surface area contributed by atoms with Crippen molar-refractivity contribution in [1.29, 1.82) is 0 Å². The molecule has 1 aromatic heterocycles. The molecule has 0 atom stereocenters. The molecule has 23 heavy (non-hydrogen) atoms. The topological polar surface area (TPSA) is 51.2 Å². The predicted molar refractivity (Wildman–Crippen MR) is 92.2 cm³/mol. The Morgan fingerprint density at radius 2 is 2.22 bits per heavy atom. The number of allylic oxidation sites excluding steroid dienone is 2. The fraction of sp³-hybridized carbons (Fsp3) is 0.158. The van der Waals surface area contributed by atoms with Crippen molar-refractivity contribution in [2.24, 2.45) is 0 Å². The van der Waals surface area contributed by atoms with Crippen LogP contribution in [0.25, 0.3) is 5.57 Å². The second-order valence-electron chi connectivity index (χ2n) is 4.92. The molecule has 4 nitrogen and oxygen atoms in total. The summed E-state index contributed by atoms with van der Waals surface area (Å²) in [6.07, 6.45) is 5.09. The van der Waals surface area contributed by atoms with Crippen LogP contribution in [0.15, 0.2) is 62.0 Å². The first-order valence-corrected chi connectivity index (χ1v) is 7.41. The normalized spacial score (nSPS) is 9.96. The SMILES string of the molecule is C=CC(=C)c1ccc(C(=O)NCc2cccnc2)cc1OCC. The fourth-order valence-corrected chi connectivity index (χ4v) is 2.10. The molecule has 2 rings (SSSR count). The molecule has 1 amide bonds. The van der Waals surface area contributed by atoms with Crippen molar-refractivity contribution in [1.82, 2.24) is 10.3 Å². The van der Waals surface area contributed by atoms with E-state index in [-0.39, 0.29) is 5.91 Å². The van der Waals surface area contributed by atoms with E-state index < -0.39 is 0 Å². The molecule has 118 valence electrons. The molecule has 1 heterocycles. The first-order valence-electron chi connectivity index (χ1n) is 7.41. The number of rotatable bonds is 7. The van der Waals surface area contributed by atoms with Gasteiger partial charge in [0.15, 0.2) is 0 Å². The van der Waals surface area contributed by atoms with Gasteiger partial charge >= 0.3 is 0 Å². The third kappa shape index (κ3) is 4.30. The zero-order valence-electron chi connectivity index (χ0n) is 13.2. The van der Waals surface area contributed by atoms with Crippen molar-refractivity contribution in [2.75, 3.05) is 6.61 Å². The van der Waals surface area contributed by atoms with E-state index in [9.17, 15) is 4.79 Å². The van der Waals surface area contributed by atoms with Gasteiger partial charge in [0, 0.05) is 30.1 Å². The Labute approximate surface area is 136 Å². The molecule has 0 radical (unpaired) electrons. The van der Waals surface area contributed by atoms with E-state index in [1.165, 1.54) is 0 Å². The summed E-state index contributed by atoms with van der Waals surface area (Å²) in [5.74, 6) is 0.469. The largest absolute Gasteiger partial charge is 0.493 e. The van der Waals surface area contributed by atoms with E-state index in [4.69, 9.17) is 4.74 Å². The molecule has 0 aliphatic heterocycles. The van der Waals surface area contributed by atoms with Crippen LogP contribution in [0.1, 0.15) is 28.4 Å². The van der Waals surface area contributed by atoms with Gasteiger partial charge in [0.25, 0.3) is 5.91 Å². The maximum atomic E-state index is 12.3. The quantitative estimate of drug-likeness (QED) is 0.795. The van der Waals surface area contributed by atoms with Gasteiger partial charge in [-0.1, -0.05) is 25.3 Å². The Hall–Kier alpha value is -2.88. The van der Waals surface area contributed by atoms with Gasteiger partial charge in [0.05, 0.1) is 6.61 Å². The minimum Gasteiger partial charge on any atom is -0.493 e. The van der Waals surface area contributed by atoms with Gasteiger partial charge < -0.3 is 10.1 Å². The number of hydrogen-bond acceptors (Lipinski definition) is 3. The zero-order valence-corrected chi connectivity index (χ0v) is 13.2. The summed E-state index contributed by atoms with van der Waals surface area (Å²) >= 11 is 0. The number of ether oxygens (including phenoxy) is 1. The minimum absolute atomic E-state index is 0.162. The number of aromatic nitrogens is 1. The van der Waals surface area contributed by atoms with Crippen LogP contribution < -0.4 is 10.1 Å². The summed E-state index contributed by atoms with van der Waals surface area (Å²) in [4.78, 5) is 16.3. The van der Waals surface area contributed by atoms with E-state index >= 15 is 0 Å².